The van der Waals surface area contributed by atoms with Gasteiger partial charge in [0, 0.05) is 52.0 Å². The Hall–Kier alpha value is -1.51. The van der Waals surface area contributed by atoms with E-state index in [0.29, 0.717) is 6.54 Å². The number of guanidine groups is 1. The van der Waals surface area contributed by atoms with Crippen LogP contribution in [0.5, 0.6) is 0 Å². The molecule has 0 bridgehead atoms. The standard InChI is InChI=1S/C20H31N5O.HI/c1-17-8-10-25(11-9-17)20(21-2)22-16-19(26)24-14-12-23(13-15-24)18-6-4-3-5-7-18;/h3-7,17H,8-16H2,1-2H3,(H,21,22);1H. The molecule has 6 nitrogen and oxygen atoms in total. The third-order valence-corrected chi connectivity index (χ3v) is 5.45. The van der Waals surface area contributed by atoms with Gasteiger partial charge < -0.3 is 20.0 Å². The first-order chi connectivity index (χ1) is 12.7. The molecule has 0 unspecified atom stereocenters. The van der Waals surface area contributed by atoms with Crippen LogP contribution in [0.4, 0.5) is 5.69 Å². The van der Waals surface area contributed by atoms with Gasteiger partial charge in [0.15, 0.2) is 5.96 Å². The van der Waals surface area contributed by atoms with Crippen LogP contribution < -0.4 is 10.2 Å². The van der Waals surface area contributed by atoms with Crippen molar-refractivity contribution < 1.29 is 4.79 Å². The van der Waals surface area contributed by atoms with E-state index >= 15 is 0 Å². The van der Waals surface area contributed by atoms with Crippen molar-refractivity contribution in [1.29, 1.82) is 0 Å². The number of rotatable bonds is 3. The molecule has 0 atom stereocenters. The molecule has 3 rings (SSSR count). The van der Waals surface area contributed by atoms with Crippen LogP contribution in [0.2, 0.25) is 0 Å². The van der Waals surface area contributed by atoms with Crippen molar-refractivity contribution in [2.75, 3.05) is 57.8 Å². The van der Waals surface area contributed by atoms with E-state index in [2.05, 4.69) is 51.3 Å². The zero-order chi connectivity index (χ0) is 18.4. The number of likely N-dealkylation sites (tertiary alicyclic amines) is 1. The van der Waals surface area contributed by atoms with Crippen LogP contribution in [0.3, 0.4) is 0 Å². The van der Waals surface area contributed by atoms with E-state index in [1.807, 2.05) is 11.0 Å². The number of hydrogen-bond acceptors (Lipinski definition) is 3. The highest BCUT2D eigenvalue weighted by atomic mass is 127. The Kier molecular flexibility index (Phi) is 8.66. The van der Waals surface area contributed by atoms with Crippen LogP contribution in [-0.2, 0) is 4.79 Å². The number of piperidine rings is 1. The van der Waals surface area contributed by atoms with Crippen molar-refractivity contribution in [2.24, 2.45) is 10.9 Å². The summed E-state index contributed by atoms with van der Waals surface area (Å²) in [6.45, 7) is 7.97. The molecule has 2 saturated heterocycles. The number of para-hydroxylation sites is 1. The number of aliphatic imine (C=N–C) groups is 1. The zero-order valence-electron chi connectivity index (χ0n) is 16.4. The molecule has 0 spiro atoms. The number of hydrogen-bond donors (Lipinski definition) is 1. The third kappa shape index (κ3) is 5.99. The van der Waals surface area contributed by atoms with E-state index in [4.69, 9.17) is 0 Å². The van der Waals surface area contributed by atoms with E-state index in [-0.39, 0.29) is 29.9 Å². The minimum atomic E-state index is 0. The van der Waals surface area contributed by atoms with Crippen LogP contribution in [0.25, 0.3) is 0 Å². The topological polar surface area (TPSA) is 51.2 Å². The highest BCUT2D eigenvalue weighted by Gasteiger charge is 2.23. The van der Waals surface area contributed by atoms with Crippen LogP contribution in [0.15, 0.2) is 35.3 Å². The van der Waals surface area contributed by atoms with E-state index in [1.54, 1.807) is 7.05 Å². The highest BCUT2D eigenvalue weighted by molar-refractivity contribution is 14.0. The number of piperazine rings is 1. The van der Waals surface area contributed by atoms with Gasteiger partial charge in [-0.05, 0) is 30.9 Å². The van der Waals surface area contributed by atoms with E-state index in [1.165, 1.54) is 18.5 Å². The monoisotopic (exact) mass is 485 g/mol. The Bertz CT molecular complexity index is 608. The molecule has 2 fully saturated rings. The normalized spacial score (nSPS) is 18.9. The van der Waals surface area contributed by atoms with Crippen molar-refractivity contribution in [3.05, 3.63) is 30.3 Å². The first kappa shape index (κ1) is 21.8. The Labute approximate surface area is 180 Å². The van der Waals surface area contributed by atoms with Gasteiger partial charge in [-0.3, -0.25) is 9.79 Å². The van der Waals surface area contributed by atoms with Crippen molar-refractivity contribution in [1.82, 2.24) is 15.1 Å². The third-order valence-electron chi connectivity index (χ3n) is 5.45. The summed E-state index contributed by atoms with van der Waals surface area (Å²) in [5.74, 6) is 1.80. The maximum Gasteiger partial charge on any atom is 0.242 e. The van der Waals surface area contributed by atoms with Gasteiger partial charge in [0.1, 0.15) is 0 Å². The Morgan fingerprint density at radius 1 is 1.04 bits per heavy atom. The molecule has 7 heteroatoms. The lowest BCUT2D eigenvalue weighted by Crippen LogP contribution is -2.53. The lowest BCUT2D eigenvalue weighted by molar-refractivity contribution is -0.130. The smallest absolute Gasteiger partial charge is 0.242 e. The number of amides is 1. The second-order valence-corrected chi connectivity index (χ2v) is 7.27. The summed E-state index contributed by atoms with van der Waals surface area (Å²) in [4.78, 5) is 23.5. The summed E-state index contributed by atoms with van der Waals surface area (Å²) in [5, 5.41) is 3.27. The molecular formula is C20H32IN5O. The van der Waals surface area contributed by atoms with Gasteiger partial charge in [0.2, 0.25) is 5.91 Å². The molecule has 27 heavy (non-hydrogen) atoms. The van der Waals surface area contributed by atoms with E-state index in [9.17, 15) is 4.79 Å². The van der Waals surface area contributed by atoms with Crippen molar-refractivity contribution in [3.63, 3.8) is 0 Å². The molecule has 1 aromatic carbocycles. The van der Waals surface area contributed by atoms with Gasteiger partial charge in [0.25, 0.3) is 0 Å². The number of benzene rings is 1. The highest BCUT2D eigenvalue weighted by Crippen LogP contribution is 2.16. The van der Waals surface area contributed by atoms with Gasteiger partial charge in [-0.15, -0.1) is 24.0 Å². The first-order valence-corrected chi connectivity index (χ1v) is 9.70. The summed E-state index contributed by atoms with van der Waals surface area (Å²) >= 11 is 0. The Morgan fingerprint density at radius 2 is 1.67 bits per heavy atom. The van der Waals surface area contributed by atoms with Crippen LogP contribution >= 0.6 is 24.0 Å². The second kappa shape index (κ2) is 10.7. The largest absolute Gasteiger partial charge is 0.368 e. The van der Waals surface area contributed by atoms with E-state index < -0.39 is 0 Å². The summed E-state index contributed by atoms with van der Waals surface area (Å²) in [7, 11) is 1.80. The van der Waals surface area contributed by atoms with Crippen molar-refractivity contribution in [3.8, 4) is 0 Å². The molecule has 150 valence electrons. The van der Waals surface area contributed by atoms with Crippen molar-refractivity contribution >= 4 is 41.5 Å². The van der Waals surface area contributed by atoms with Gasteiger partial charge in [-0.25, -0.2) is 0 Å². The predicted molar refractivity (Wildman–Crippen MR) is 122 cm³/mol. The first-order valence-electron chi connectivity index (χ1n) is 9.70. The lowest BCUT2D eigenvalue weighted by atomic mass is 10.00. The molecule has 0 radical (unpaired) electrons. The fourth-order valence-electron chi connectivity index (χ4n) is 3.67. The molecule has 0 aliphatic carbocycles. The van der Waals surface area contributed by atoms with Crippen LogP contribution in [-0.4, -0.2) is 74.5 Å². The quantitative estimate of drug-likeness (QED) is 0.406. The summed E-state index contributed by atoms with van der Waals surface area (Å²) in [6.07, 6.45) is 2.38. The van der Waals surface area contributed by atoms with Gasteiger partial charge >= 0.3 is 0 Å². The fraction of sp³-hybridized carbons (Fsp3) is 0.600. The maximum absolute atomic E-state index is 12.6. The van der Waals surface area contributed by atoms with Gasteiger partial charge in [-0.1, -0.05) is 25.1 Å². The minimum absolute atomic E-state index is 0. The molecule has 1 aromatic rings. The number of nitrogens with zero attached hydrogens (tertiary/aromatic N) is 4. The number of carbonyl (C=O) groups excluding carboxylic acids is 1. The molecule has 2 heterocycles. The van der Waals surface area contributed by atoms with Crippen LogP contribution in [0, 0.1) is 5.92 Å². The minimum Gasteiger partial charge on any atom is -0.368 e. The number of carbonyl (C=O) groups is 1. The predicted octanol–water partition coefficient (Wildman–Crippen LogP) is 2.26. The summed E-state index contributed by atoms with van der Waals surface area (Å²) < 4.78 is 0. The summed E-state index contributed by atoms with van der Waals surface area (Å²) in [6, 6.07) is 10.4. The average Bonchev–Trinajstić information content (AvgIpc) is 2.70. The van der Waals surface area contributed by atoms with Crippen LogP contribution in [0.1, 0.15) is 19.8 Å². The zero-order valence-corrected chi connectivity index (χ0v) is 18.8. The molecular weight excluding hydrogens is 453 g/mol. The number of anilines is 1. The molecule has 0 saturated carbocycles. The fourth-order valence-corrected chi connectivity index (χ4v) is 3.67. The second-order valence-electron chi connectivity index (χ2n) is 7.27. The Morgan fingerprint density at radius 3 is 2.26 bits per heavy atom. The maximum atomic E-state index is 12.6. The number of halogens is 1. The van der Waals surface area contributed by atoms with Gasteiger partial charge in [-0.2, -0.15) is 0 Å². The van der Waals surface area contributed by atoms with Crippen molar-refractivity contribution in [2.45, 2.75) is 19.8 Å². The SMILES string of the molecule is CN=C(NCC(=O)N1CCN(c2ccccc2)CC1)N1CCC(C)CC1.I. The molecule has 1 amide bonds. The lowest BCUT2D eigenvalue weighted by Gasteiger charge is -2.37. The average molecular weight is 485 g/mol. The van der Waals surface area contributed by atoms with Gasteiger partial charge in [0.05, 0.1) is 6.54 Å². The number of nitrogens with one attached hydrogen (secondary N) is 1. The molecule has 1 N–H and O–H groups in total. The summed E-state index contributed by atoms with van der Waals surface area (Å²) in [5.41, 5.74) is 1.23. The Balaban J connectivity index is 0.00000261. The molecule has 0 aromatic heterocycles. The van der Waals surface area contributed by atoms with E-state index in [0.717, 1.165) is 51.1 Å². The molecule has 2 aliphatic heterocycles. The molecule has 2 aliphatic rings.